The standard InChI is InChI=1S/C19H17ClN6O4/c1-24-18-15(9-23-24)19(29)25(12-22-18)10-17(28)30-11-16(27)26(7-3-6-21)14-5-2-4-13(20)8-14/h2,4-5,8-9,12H,3,7,10-11H2,1H3. The summed E-state index contributed by atoms with van der Waals surface area (Å²) in [6.07, 6.45) is 2.69. The molecule has 0 spiro atoms. The Morgan fingerprint density at radius 2 is 2.17 bits per heavy atom. The minimum Gasteiger partial charge on any atom is -0.454 e. The number of halogens is 1. The highest BCUT2D eigenvalue weighted by Crippen LogP contribution is 2.20. The molecule has 154 valence electrons. The lowest BCUT2D eigenvalue weighted by molar-refractivity contribution is -0.148. The number of carbonyl (C=O) groups is 2. The number of hydrogen-bond acceptors (Lipinski definition) is 7. The lowest BCUT2D eigenvalue weighted by atomic mass is 10.2. The van der Waals surface area contributed by atoms with Crippen LogP contribution in [-0.4, -0.2) is 44.4 Å². The first-order valence-corrected chi connectivity index (χ1v) is 9.24. The Kier molecular flexibility index (Phi) is 6.44. The predicted octanol–water partition coefficient (Wildman–Crippen LogP) is 1.27. The van der Waals surface area contributed by atoms with Crippen LogP contribution in [0, 0.1) is 11.3 Å². The zero-order valence-electron chi connectivity index (χ0n) is 16.0. The number of hydrogen-bond donors (Lipinski definition) is 0. The van der Waals surface area contributed by atoms with Crippen LogP contribution in [0.1, 0.15) is 6.42 Å². The van der Waals surface area contributed by atoms with Crippen molar-refractivity contribution in [1.82, 2.24) is 19.3 Å². The van der Waals surface area contributed by atoms with Crippen molar-refractivity contribution in [3.8, 4) is 6.07 Å². The number of esters is 1. The van der Waals surface area contributed by atoms with Crippen LogP contribution in [-0.2, 0) is 27.9 Å². The third-order valence-corrected chi connectivity index (χ3v) is 4.48. The molecule has 2 heterocycles. The predicted molar refractivity (Wildman–Crippen MR) is 108 cm³/mol. The molecule has 11 heteroatoms. The summed E-state index contributed by atoms with van der Waals surface area (Å²) < 4.78 is 7.57. The van der Waals surface area contributed by atoms with Crippen LogP contribution in [0.4, 0.5) is 5.69 Å². The Morgan fingerprint density at radius 1 is 1.37 bits per heavy atom. The van der Waals surface area contributed by atoms with Gasteiger partial charge in [0.1, 0.15) is 18.3 Å². The SMILES string of the molecule is Cn1ncc2c(=O)n(CC(=O)OCC(=O)N(CCC#N)c3cccc(Cl)c3)cnc21. The van der Waals surface area contributed by atoms with Crippen molar-refractivity contribution in [2.45, 2.75) is 13.0 Å². The van der Waals surface area contributed by atoms with Gasteiger partial charge in [-0.1, -0.05) is 17.7 Å². The van der Waals surface area contributed by atoms with Crippen molar-refractivity contribution in [1.29, 1.82) is 5.26 Å². The number of nitrogens with zero attached hydrogens (tertiary/aromatic N) is 6. The third kappa shape index (κ3) is 4.64. The van der Waals surface area contributed by atoms with E-state index in [1.54, 1.807) is 31.3 Å². The minimum absolute atomic E-state index is 0.0956. The van der Waals surface area contributed by atoms with Gasteiger partial charge in [0, 0.05) is 24.3 Å². The van der Waals surface area contributed by atoms with Gasteiger partial charge in [-0.25, -0.2) is 4.98 Å². The van der Waals surface area contributed by atoms with E-state index in [2.05, 4.69) is 10.1 Å². The zero-order valence-corrected chi connectivity index (χ0v) is 16.7. The molecule has 0 saturated heterocycles. The number of fused-ring (bicyclic) bond motifs is 1. The first kappa shape index (κ1) is 21.0. The van der Waals surface area contributed by atoms with E-state index in [1.807, 2.05) is 6.07 Å². The average molecular weight is 429 g/mol. The number of amides is 1. The molecule has 0 saturated carbocycles. The lowest BCUT2D eigenvalue weighted by Gasteiger charge is -2.21. The number of rotatable bonds is 7. The number of aryl methyl sites for hydroxylation is 1. The lowest BCUT2D eigenvalue weighted by Crippen LogP contribution is -2.36. The third-order valence-electron chi connectivity index (χ3n) is 4.24. The normalized spacial score (nSPS) is 10.6. The molecule has 3 aromatic rings. The second-order valence-corrected chi connectivity index (χ2v) is 6.71. The molecule has 1 amide bonds. The highest BCUT2D eigenvalue weighted by Gasteiger charge is 2.19. The van der Waals surface area contributed by atoms with E-state index < -0.39 is 30.6 Å². The summed E-state index contributed by atoms with van der Waals surface area (Å²) in [5.74, 6) is -1.30. The number of carbonyl (C=O) groups excluding carboxylic acids is 2. The highest BCUT2D eigenvalue weighted by molar-refractivity contribution is 6.30. The Morgan fingerprint density at radius 3 is 2.90 bits per heavy atom. The van der Waals surface area contributed by atoms with Crippen molar-refractivity contribution in [3.05, 3.63) is 52.2 Å². The smallest absolute Gasteiger partial charge is 0.326 e. The summed E-state index contributed by atoms with van der Waals surface area (Å²) in [4.78, 5) is 42.5. The number of aromatic nitrogens is 4. The fraction of sp³-hybridized carbons (Fsp3) is 0.263. The van der Waals surface area contributed by atoms with Crippen molar-refractivity contribution in [2.75, 3.05) is 18.1 Å². The first-order valence-electron chi connectivity index (χ1n) is 8.86. The molecule has 3 rings (SSSR count). The first-order chi connectivity index (χ1) is 14.4. The number of ether oxygens (including phenoxy) is 1. The summed E-state index contributed by atoms with van der Waals surface area (Å²) in [7, 11) is 1.65. The van der Waals surface area contributed by atoms with Gasteiger partial charge in [0.25, 0.3) is 11.5 Å². The molecule has 1 aromatic carbocycles. The Balaban J connectivity index is 1.66. The van der Waals surface area contributed by atoms with Gasteiger partial charge in [-0.3, -0.25) is 23.6 Å². The van der Waals surface area contributed by atoms with Gasteiger partial charge in [0.2, 0.25) is 0 Å². The van der Waals surface area contributed by atoms with Gasteiger partial charge in [-0.15, -0.1) is 0 Å². The van der Waals surface area contributed by atoms with Gasteiger partial charge in [0.05, 0.1) is 18.7 Å². The number of anilines is 1. The second-order valence-electron chi connectivity index (χ2n) is 6.28. The van der Waals surface area contributed by atoms with E-state index in [4.69, 9.17) is 21.6 Å². The van der Waals surface area contributed by atoms with Gasteiger partial charge < -0.3 is 9.64 Å². The Bertz CT molecular complexity index is 1200. The van der Waals surface area contributed by atoms with Crippen LogP contribution in [0.5, 0.6) is 0 Å². The molecule has 0 aliphatic rings. The molecule has 0 unspecified atom stereocenters. The minimum atomic E-state index is -0.776. The fourth-order valence-corrected chi connectivity index (χ4v) is 2.97. The molecule has 0 N–H and O–H groups in total. The van der Waals surface area contributed by atoms with Crippen LogP contribution >= 0.6 is 11.6 Å². The molecule has 0 aliphatic heterocycles. The molecule has 30 heavy (non-hydrogen) atoms. The molecule has 10 nitrogen and oxygen atoms in total. The van der Waals surface area contributed by atoms with E-state index >= 15 is 0 Å². The quantitative estimate of drug-likeness (QED) is 0.519. The summed E-state index contributed by atoms with van der Waals surface area (Å²) >= 11 is 5.97. The topological polar surface area (TPSA) is 123 Å². The molecular formula is C19H17ClN6O4. The number of nitriles is 1. The summed E-state index contributed by atoms with van der Waals surface area (Å²) in [5.41, 5.74) is 0.446. The highest BCUT2D eigenvalue weighted by atomic mass is 35.5. The van der Waals surface area contributed by atoms with Gasteiger partial charge in [-0.05, 0) is 18.2 Å². The molecule has 0 bridgehead atoms. The van der Waals surface area contributed by atoms with Crippen LogP contribution < -0.4 is 10.5 Å². The molecule has 0 atom stereocenters. The van der Waals surface area contributed by atoms with E-state index in [9.17, 15) is 14.4 Å². The van der Waals surface area contributed by atoms with Crippen molar-refractivity contribution in [2.24, 2.45) is 7.05 Å². The van der Waals surface area contributed by atoms with E-state index in [0.717, 1.165) is 4.57 Å². The maximum absolute atomic E-state index is 12.6. The van der Waals surface area contributed by atoms with Crippen LogP contribution in [0.2, 0.25) is 5.02 Å². The molecule has 0 radical (unpaired) electrons. The van der Waals surface area contributed by atoms with Gasteiger partial charge in [0.15, 0.2) is 12.3 Å². The molecule has 2 aromatic heterocycles. The van der Waals surface area contributed by atoms with Gasteiger partial charge in [-0.2, -0.15) is 10.4 Å². The second kappa shape index (κ2) is 9.19. The summed E-state index contributed by atoms with van der Waals surface area (Å²) in [5, 5.41) is 13.5. The van der Waals surface area contributed by atoms with Crippen LogP contribution in [0.15, 0.2) is 41.6 Å². The maximum Gasteiger partial charge on any atom is 0.326 e. The van der Waals surface area contributed by atoms with E-state index in [1.165, 1.54) is 22.1 Å². The van der Waals surface area contributed by atoms with E-state index in [-0.39, 0.29) is 18.4 Å². The fourth-order valence-electron chi connectivity index (χ4n) is 2.79. The number of benzene rings is 1. The van der Waals surface area contributed by atoms with Crippen LogP contribution in [0.25, 0.3) is 11.0 Å². The summed E-state index contributed by atoms with van der Waals surface area (Å²) in [6.45, 7) is -0.832. The average Bonchev–Trinajstić information content (AvgIpc) is 3.10. The molecular weight excluding hydrogens is 412 g/mol. The van der Waals surface area contributed by atoms with Crippen molar-refractivity contribution < 1.29 is 14.3 Å². The van der Waals surface area contributed by atoms with Crippen LogP contribution in [0.3, 0.4) is 0 Å². The monoisotopic (exact) mass is 428 g/mol. The zero-order chi connectivity index (χ0) is 21.7. The largest absolute Gasteiger partial charge is 0.454 e. The summed E-state index contributed by atoms with van der Waals surface area (Å²) in [6, 6.07) is 8.54. The van der Waals surface area contributed by atoms with Gasteiger partial charge >= 0.3 is 5.97 Å². The Labute approximate surface area is 175 Å². The Hall–Kier alpha value is -3.71. The molecule has 0 aliphatic carbocycles. The maximum atomic E-state index is 12.6. The van der Waals surface area contributed by atoms with Crippen molar-refractivity contribution >= 4 is 40.2 Å². The van der Waals surface area contributed by atoms with Crippen molar-refractivity contribution in [3.63, 3.8) is 0 Å². The van der Waals surface area contributed by atoms with E-state index in [0.29, 0.717) is 16.4 Å². The molecule has 0 fully saturated rings.